The number of hydrazine groups is 1. The maximum atomic E-state index is 12.7. The zero-order valence-electron chi connectivity index (χ0n) is 12.6. The van der Waals surface area contributed by atoms with Crippen LogP contribution in [0.4, 0.5) is 5.69 Å². The van der Waals surface area contributed by atoms with E-state index in [-0.39, 0.29) is 11.9 Å². The minimum Gasteiger partial charge on any atom is -0.383 e. The van der Waals surface area contributed by atoms with Crippen molar-refractivity contribution in [3.63, 3.8) is 0 Å². The summed E-state index contributed by atoms with van der Waals surface area (Å²) in [6.07, 6.45) is 2.44. The minimum absolute atomic E-state index is 0.0862. The van der Waals surface area contributed by atoms with Crippen molar-refractivity contribution in [2.24, 2.45) is 5.84 Å². The maximum absolute atomic E-state index is 12.7. The van der Waals surface area contributed by atoms with Gasteiger partial charge in [-0.2, -0.15) is 0 Å². The van der Waals surface area contributed by atoms with E-state index in [2.05, 4.69) is 10.4 Å². The summed E-state index contributed by atoms with van der Waals surface area (Å²) in [5.74, 6) is 5.41. The summed E-state index contributed by atoms with van der Waals surface area (Å²) in [4.78, 5) is 18.6. The van der Waals surface area contributed by atoms with E-state index in [4.69, 9.17) is 10.6 Å². The van der Waals surface area contributed by atoms with Crippen molar-refractivity contribution in [1.29, 1.82) is 0 Å². The van der Waals surface area contributed by atoms with Crippen molar-refractivity contribution >= 4 is 11.6 Å². The average Bonchev–Trinajstić information content (AvgIpc) is 2.46. The van der Waals surface area contributed by atoms with E-state index in [1.807, 2.05) is 20.8 Å². The molecular weight excluding hydrogens is 256 g/mol. The Morgan fingerprint density at radius 3 is 2.85 bits per heavy atom. The van der Waals surface area contributed by atoms with Gasteiger partial charge in [0.2, 0.25) is 0 Å². The number of ether oxygens (including phenoxy) is 1. The van der Waals surface area contributed by atoms with Crippen molar-refractivity contribution in [2.75, 3.05) is 25.7 Å². The standard InChI is InChI=1S/C14H24N4O2/c1-5-11(3)18(6-7-20-4)14(19)12-9-16-10(2)8-13(12)17-15/h8-9,11H,5-7,15H2,1-4H3,(H,16,17). The van der Waals surface area contributed by atoms with Gasteiger partial charge in [0, 0.05) is 31.6 Å². The Labute approximate surface area is 120 Å². The highest BCUT2D eigenvalue weighted by atomic mass is 16.5. The number of nitrogens with zero attached hydrogens (tertiary/aromatic N) is 2. The molecule has 0 aliphatic heterocycles. The van der Waals surface area contributed by atoms with Crippen molar-refractivity contribution in [1.82, 2.24) is 9.88 Å². The lowest BCUT2D eigenvalue weighted by Crippen LogP contribution is -2.41. The molecule has 0 spiro atoms. The number of nitrogens with one attached hydrogen (secondary N) is 1. The molecule has 6 heteroatoms. The number of anilines is 1. The summed E-state index contributed by atoms with van der Waals surface area (Å²) >= 11 is 0. The number of nitrogen functional groups attached to an aromatic ring is 1. The number of carbonyl (C=O) groups is 1. The highest BCUT2D eigenvalue weighted by molar-refractivity contribution is 5.99. The monoisotopic (exact) mass is 280 g/mol. The fourth-order valence-electron chi connectivity index (χ4n) is 1.94. The molecule has 1 unspecified atom stereocenters. The topological polar surface area (TPSA) is 80.5 Å². The summed E-state index contributed by atoms with van der Waals surface area (Å²) in [6.45, 7) is 6.97. The summed E-state index contributed by atoms with van der Waals surface area (Å²) in [5.41, 5.74) is 4.45. The lowest BCUT2D eigenvalue weighted by Gasteiger charge is -2.29. The quantitative estimate of drug-likeness (QED) is 0.585. The van der Waals surface area contributed by atoms with Crippen LogP contribution in [0.5, 0.6) is 0 Å². The van der Waals surface area contributed by atoms with Gasteiger partial charge in [-0.1, -0.05) is 6.92 Å². The normalized spacial score (nSPS) is 12.1. The lowest BCUT2D eigenvalue weighted by atomic mass is 10.1. The van der Waals surface area contributed by atoms with Gasteiger partial charge >= 0.3 is 0 Å². The third kappa shape index (κ3) is 3.91. The molecule has 1 atom stereocenters. The van der Waals surface area contributed by atoms with Gasteiger partial charge in [-0.15, -0.1) is 0 Å². The molecule has 1 amide bonds. The number of carbonyl (C=O) groups excluding carboxylic acids is 1. The number of hydrogen-bond acceptors (Lipinski definition) is 5. The number of aryl methyl sites for hydroxylation is 1. The van der Waals surface area contributed by atoms with Crippen molar-refractivity contribution in [3.05, 3.63) is 23.5 Å². The second-order valence-corrected chi connectivity index (χ2v) is 4.76. The summed E-state index contributed by atoms with van der Waals surface area (Å²) < 4.78 is 5.08. The molecule has 1 rings (SSSR count). The molecule has 6 nitrogen and oxygen atoms in total. The first-order valence-corrected chi connectivity index (χ1v) is 6.78. The predicted molar refractivity (Wildman–Crippen MR) is 79.4 cm³/mol. The first-order valence-electron chi connectivity index (χ1n) is 6.78. The van der Waals surface area contributed by atoms with Gasteiger partial charge in [0.25, 0.3) is 5.91 Å². The van der Waals surface area contributed by atoms with Crippen LogP contribution in [0.25, 0.3) is 0 Å². The van der Waals surface area contributed by atoms with E-state index in [1.165, 1.54) is 0 Å². The van der Waals surface area contributed by atoms with Crippen LogP contribution in [0.2, 0.25) is 0 Å². The highest BCUT2D eigenvalue weighted by Crippen LogP contribution is 2.18. The zero-order chi connectivity index (χ0) is 15.1. The van der Waals surface area contributed by atoms with Gasteiger partial charge in [0.15, 0.2) is 0 Å². The number of amides is 1. The Hall–Kier alpha value is -1.66. The van der Waals surface area contributed by atoms with Gasteiger partial charge in [-0.3, -0.25) is 15.6 Å². The third-order valence-corrected chi connectivity index (χ3v) is 3.35. The molecule has 1 aromatic heterocycles. The van der Waals surface area contributed by atoms with E-state index in [0.717, 1.165) is 12.1 Å². The number of nitrogens with two attached hydrogens (primary N) is 1. The largest absolute Gasteiger partial charge is 0.383 e. The lowest BCUT2D eigenvalue weighted by molar-refractivity contribution is 0.0614. The molecule has 20 heavy (non-hydrogen) atoms. The predicted octanol–water partition coefficient (Wildman–Crippen LogP) is 1.56. The summed E-state index contributed by atoms with van der Waals surface area (Å²) in [6, 6.07) is 1.89. The van der Waals surface area contributed by atoms with Crippen LogP contribution in [-0.4, -0.2) is 42.1 Å². The first kappa shape index (κ1) is 16.4. The van der Waals surface area contributed by atoms with Crippen LogP contribution < -0.4 is 11.3 Å². The van der Waals surface area contributed by atoms with Crippen LogP contribution >= 0.6 is 0 Å². The molecule has 0 aliphatic rings. The van der Waals surface area contributed by atoms with E-state index in [1.54, 1.807) is 24.3 Å². The second kappa shape index (κ2) is 7.81. The molecule has 0 aromatic carbocycles. The first-order chi connectivity index (χ1) is 9.54. The highest BCUT2D eigenvalue weighted by Gasteiger charge is 2.22. The van der Waals surface area contributed by atoms with Gasteiger partial charge in [-0.25, -0.2) is 0 Å². The molecule has 0 bridgehead atoms. The van der Waals surface area contributed by atoms with Gasteiger partial charge < -0.3 is 15.1 Å². The van der Waals surface area contributed by atoms with Gasteiger partial charge in [0.1, 0.15) is 0 Å². The van der Waals surface area contributed by atoms with Crippen molar-refractivity contribution < 1.29 is 9.53 Å². The van der Waals surface area contributed by atoms with Crippen LogP contribution in [0.3, 0.4) is 0 Å². The second-order valence-electron chi connectivity index (χ2n) is 4.76. The fraction of sp³-hybridized carbons (Fsp3) is 0.571. The molecule has 0 fully saturated rings. The number of hydrogen-bond donors (Lipinski definition) is 2. The molecular formula is C14H24N4O2. The van der Waals surface area contributed by atoms with Crippen LogP contribution in [0.1, 0.15) is 36.3 Å². The molecule has 0 radical (unpaired) electrons. The van der Waals surface area contributed by atoms with E-state index in [9.17, 15) is 4.79 Å². The Bertz CT molecular complexity index is 451. The van der Waals surface area contributed by atoms with Gasteiger partial charge in [-0.05, 0) is 26.3 Å². The molecule has 1 heterocycles. The zero-order valence-corrected chi connectivity index (χ0v) is 12.6. The van der Waals surface area contributed by atoms with E-state index < -0.39 is 0 Å². The molecule has 0 saturated carbocycles. The minimum atomic E-state index is -0.0862. The number of methoxy groups -OCH3 is 1. The van der Waals surface area contributed by atoms with Crippen LogP contribution in [0, 0.1) is 6.92 Å². The van der Waals surface area contributed by atoms with E-state index >= 15 is 0 Å². The number of aromatic nitrogens is 1. The molecule has 1 aromatic rings. The maximum Gasteiger partial charge on any atom is 0.257 e. The molecule has 3 N–H and O–H groups in total. The van der Waals surface area contributed by atoms with E-state index in [0.29, 0.717) is 24.4 Å². The summed E-state index contributed by atoms with van der Waals surface area (Å²) in [7, 11) is 1.62. The Kier molecular flexibility index (Phi) is 6.41. The molecule has 112 valence electrons. The van der Waals surface area contributed by atoms with Crippen LogP contribution in [-0.2, 0) is 4.74 Å². The fourth-order valence-corrected chi connectivity index (χ4v) is 1.94. The summed E-state index contributed by atoms with van der Waals surface area (Å²) in [5, 5.41) is 0. The average molecular weight is 280 g/mol. The number of rotatable bonds is 7. The third-order valence-electron chi connectivity index (χ3n) is 3.35. The Balaban J connectivity index is 3.04. The smallest absolute Gasteiger partial charge is 0.257 e. The van der Waals surface area contributed by atoms with Gasteiger partial charge in [0.05, 0.1) is 17.9 Å². The number of pyridine rings is 1. The SMILES string of the molecule is CCC(C)N(CCOC)C(=O)c1cnc(C)cc1NN. The Morgan fingerprint density at radius 1 is 1.60 bits per heavy atom. The van der Waals surface area contributed by atoms with Crippen molar-refractivity contribution in [3.8, 4) is 0 Å². The Morgan fingerprint density at radius 2 is 2.30 bits per heavy atom. The van der Waals surface area contributed by atoms with Crippen LogP contribution in [0.15, 0.2) is 12.3 Å². The van der Waals surface area contributed by atoms with Crippen molar-refractivity contribution in [2.45, 2.75) is 33.2 Å². The molecule has 0 aliphatic carbocycles. The molecule has 0 saturated heterocycles.